The van der Waals surface area contributed by atoms with Crippen LogP contribution in [-0.2, 0) is 6.42 Å². The van der Waals surface area contributed by atoms with Crippen molar-refractivity contribution in [2.75, 3.05) is 11.6 Å². The van der Waals surface area contributed by atoms with E-state index in [0.717, 1.165) is 18.7 Å². The number of hydrogen-bond donors (Lipinski definition) is 2. The van der Waals surface area contributed by atoms with Crippen LogP contribution in [0.5, 0.6) is 0 Å². The maximum Gasteiger partial charge on any atom is 0.240 e. The Hall–Kier alpha value is -1.26. The number of nitrogens with two attached hydrogens (primary N) is 2. The third-order valence-electron chi connectivity index (χ3n) is 1.80. The van der Waals surface area contributed by atoms with Gasteiger partial charge in [0.25, 0.3) is 0 Å². The summed E-state index contributed by atoms with van der Waals surface area (Å²) in [7, 11) is 0. The summed E-state index contributed by atoms with van der Waals surface area (Å²) in [4.78, 5) is 0. The quantitative estimate of drug-likeness (QED) is 0.502. The average molecular weight is 169 g/mol. The second-order valence-electron chi connectivity index (χ2n) is 2.80. The van der Waals surface area contributed by atoms with Gasteiger partial charge >= 0.3 is 0 Å². The molecule has 68 valence electrons. The zero-order chi connectivity index (χ0) is 8.97. The molecule has 4 N–H and O–H groups in total. The maximum atomic E-state index is 5.55. The average Bonchev–Trinajstić information content (AvgIpc) is 2.36. The summed E-state index contributed by atoms with van der Waals surface area (Å²) in [6, 6.07) is 0. The lowest BCUT2D eigenvalue weighted by Crippen LogP contribution is -2.15. The molecular weight excluding hydrogens is 154 g/mol. The molecule has 0 amide bonds. The van der Waals surface area contributed by atoms with Gasteiger partial charge in [-0.15, -0.1) is 10.2 Å². The summed E-state index contributed by atoms with van der Waals surface area (Å²) in [6.07, 6.45) is 4.32. The molecule has 0 fully saturated rings. The number of anilines is 1. The molecule has 0 radical (unpaired) electrons. The first kappa shape index (κ1) is 8.83. The summed E-state index contributed by atoms with van der Waals surface area (Å²) in [5.74, 6) is 6.60. The van der Waals surface area contributed by atoms with Crippen LogP contribution in [0, 0.1) is 0 Å². The van der Waals surface area contributed by atoms with Crippen LogP contribution in [0.15, 0.2) is 0 Å². The fourth-order valence-electron chi connectivity index (χ4n) is 1.04. The van der Waals surface area contributed by atoms with Gasteiger partial charge in [-0.25, -0.2) is 4.68 Å². The van der Waals surface area contributed by atoms with Gasteiger partial charge in [-0.3, -0.25) is 0 Å². The van der Waals surface area contributed by atoms with E-state index in [2.05, 4.69) is 17.1 Å². The largest absolute Gasteiger partial charge is 0.366 e. The lowest BCUT2D eigenvalue weighted by molar-refractivity contribution is 0.679. The number of nitrogens with zero attached hydrogens (tertiary/aromatic N) is 3. The van der Waals surface area contributed by atoms with E-state index in [1.165, 1.54) is 17.5 Å². The molecule has 5 nitrogen and oxygen atoms in total. The predicted octanol–water partition coefficient (Wildman–Crippen LogP) is 0.307. The lowest BCUT2D eigenvalue weighted by atomic mass is 10.2. The molecular formula is C7H15N5. The number of aromatic nitrogens is 3. The minimum atomic E-state index is 0.279. The molecule has 1 heterocycles. The first-order valence-electron chi connectivity index (χ1n) is 4.20. The minimum Gasteiger partial charge on any atom is -0.366 e. The van der Waals surface area contributed by atoms with Crippen LogP contribution < -0.4 is 11.6 Å². The molecule has 0 bridgehead atoms. The molecule has 0 aliphatic rings. The van der Waals surface area contributed by atoms with E-state index < -0.39 is 0 Å². The number of hydrogen-bond acceptors (Lipinski definition) is 4. The van der Waals surface area contributed by atoms with Crippen molar-refractivity contribution in [3.05, 3.63) is 5.82 Å². The maximum absolute atomic E-state index is 5.55. The molecule has 0 aromatic carbocycles. The molecule has 0 spiro atoms. The monoisotopic (exact) mass is 169 g/mol. The number of nitrogen functional groups attached to an aromatic ring is 2. The SMILES string of the molecule is CCCCCc1nnc(N)n1N. The number of unbranched alkanes of at least 4 members (excludes halogenated alkanes) is 2. The molecule has 0 aliphatic heterocycles. The summed E-state index contributed by atoms with van der Waals surface area (Å²) in [5.41, 5.74) is 5.41. The topological polar surface area (TPSA) is 82.8 Å². The van der Waals surface area contributed by atoms with Crippen molar-refractivity contribution < 1.29 is 0 Å². The highest BCUT2D eigenvalue weighted by atomic mass is 15.4. The Balaban J connectivity index is 2.46. The number of aryl methyl sites for hydroxylation is 1. The Labute approximate surface area is 71.7 Å². The van der Waals surface area contributed by atoms with Crippen LogP contribution in [0.25, 0.3) is 0 Å². The minimum absolute atomic E-state index is 0.279. The smallest absolute Gasteiger partial charge is 0.240 e. The summed E-state index contributed by atoms with van der Waals surface area (Å²) >= 11 is 0. The van der Waals surface area contributed by atoms with E-state index in [1.807, 2.05) is 0 Å². The molecule has 0 aliphatic carbocycles. The van der Waals surface area contributed by atoms with Crippen molar-refractivity contribution in [1.82, 2.24) is 14.9 Å². The Morgan fingerprint density at radius 1 is 1.33 bits per heavy atom. The highest BCUT2D eigenvalue weighted by Gasteiger charge is 2.04. The van der Waals surface area contributed by atoms with Crippen LogP contribution in [0.3, 0.4) is 0 Å². The van der Waals surface area contributed by atoms with Gasteiger partial charge in [-0.1, -0.05) is 19.8 Å². The van der Waals surface area contributed by atoms with Gasteiger partial charge in [0.1, 0.15) is 0 Å². The highest BCUT2D eigenvalue weighted by Crippen LogP contribution is 2.04. The standard InChI is InChI=1S/C7H15N5/c1-2-3-4-5-6-10-11-7(8)12(6)9/h2-5,9H2,1H3,(H2,8,11). The first-order chi connectivity index (χ1) is 5.75. The van der Waals surface area contributed by atoms with Crippen molar-refractivity contribution in [1.29, 1.82) is 0 Å². The Morgan fingerprint density at radius 3 is 2.58 bits per heavy atom. The number of rotatable bonds is 4. The molecule has 12 heavy (non-hydrogen) atoms. The first-order valence-corrected chi connectivity index (χ1v) is 4.20. The Kier molecular flexibility index (Phi) is 2.90. The van der Waals surface area contributed by atoms with E-state index >= 15 is 0 Å². The normalized spacial score (nSPS) is 10.4. The van der Waals surface area contributed by atoms with E-state index in [1.54, 1.807) is 0 Å². The second kappa shape index (κ2) is 3.94. The van der Waals surface area contributed by atoms with Crippen LogP contribution in [0.4, 0.5) is 5.95 Å². The van der Waals surface area contributed by atoms with Crippen molar-refractivity contribution in [3.8, 4) is 0 Å². The zero-order valence-corrected chi connectivity index (χ0v) is 7.32. The van der Waals surface area contributed by atoms with Crippen LogP contribution in [-0.4, -0.2) is 14.9 Å². The van der Waals surface area contributed by atoms with Crippen molar-refractivity contribution in [3.63, 3.8) is 0 Å². The van der Waals surface area contributed by atoms with Crippen LogP contribution >= 0.6 is 0 Å². The molecule has 5 heteroatoms. The van der Waals surface area contributed by atoms with Crippen molar-refractivity contribution in [2.45, 2.75) is 32.6 Å². The molecule has 1 rings (SSSR count). The Bertz CT molecular complexity index is 242. The van der Waals surface area contributed by atoms with E-state index in [4.69, 9.17) is 11.6 Å². The summed E-state index contributed by atoms with van der Waals surface area (Å²) < 4.78 is 1.34. The highest BCUT2D eigenvalue weighted by molar-refractivity contribution is 5.16. The lowest BCUT2D eigenvalue weighted by Gasteiger charge is -1.99. The zero-order valence-electron chi connectivity index (χ0n) is 7.32. The van der Waals surface area contributed by atoms with Crippen LogP contribution in [0.1, 0.15) is 32.0 Å². The molecule has 0 atom stereocenters. The third kappa shape index (κ3) is 1.87. The molecule has 0 saturated carbocycles. The predicted molar refractivity (Wildman–Crippen MR) is 47.8 cm³/mol. The molecule has 0 unspecified atom stereocenters. The van der Waals surface area contributed by atoms with Gasteiger partial charge < -0.3 is 11.6 Å². The van der Waals surface area contributed by atoms with Gasteiger partial charge in [0.2, 0.25) is 5.95 Å². The second-order valence-corrected chi connectivity index (χ2v) is 2.80. The van der Waals surface area contributed by atoms with Crippen LogP contribution in [0.2, 0.25) is 0 Å². The van der Waals surface area contributed by atoms with E-state index in [0.29, 0.717) is 0 Å². The van der Waals surface area contributed by atoms with E-state index in [-0.39, 0.29) is 5.95 Å². The van der Waals surface area contributed by atoms with Crippen molar-refractivity contribution in [2.24, 2.45) is 0 Å². The molecule has 1 aromatic heterocycles. The van der Waals surface area contributed by atoms with E-state index in [9.17, 15) is 0 Å². The Morgan fingerprint density at radius 2 is 2.08 bits per heavy atom. The van der Waals surface area contributed by atoms with Gasteiger partial charge in [0.05, 0.1) is 0 Å². The molecule has 1 aromatic rings. The molecule has 0 saturated heterocycles. The van der Waals surface area contributed by atoms with Crippen molar-refractivity contribution >= 4 is 5.95 Å². The summed E-state index contributed by atoms with van der Waals surface area (Å²) in [5, 5.41) is 7.51. The fraction of sp³-hybridized carbons (Fsp3) is 0.714. The summed E-state index contributed by atoms with van der Waals surface area (Å²) in [6.45, 7) is 2.15. The fourth-order valence-corrected chi connectivity index (χ4v) is 1.04. The van der Waals surface area contributed by atoms with Gasteiger partial charge in [-0.05, 0) is 6.42 Å². The van der Waals surface area contributed by atoms with Gasteiger partial charge in [-0.2, -0.15) is 0 Å². The third-order valence-corrected chi connectivity index (χ3v) is 1.80. The van der Waals surface area contributed by atoms with Gasteiger partial charge in [0.15, 0.2) is 5.82 Å². The van der Waals surface area contributed by atoms with Gasteiger partial charge in [0, 0.05) is 6.42 Å².